The van der Waals surface area contributed by atoms with E-state index < -0.39 is 0 Å². The zero-order chi connectivity index (χ0) is 18.5. The number of anilines is 1. The average Bonchev–Trinajstić information content (AvgIpc) is 2.67. The van der Waals surface area contributed by atoms with Gasteiger partial charge < -0.3 is 14.5 Å². The maximum absolute atomic E-state index is 5.26. The number of ether oxygens (including phenoxy) is 1. The van der Waals surface area contributed by atoms with E-state index in [0.717, 1.165) is 60.7 Å². The van der Waals surface area contributed by atoms with Crippen molar-refractivity contribution in [1.29, 1.82) is 0 Å². The van der Waals surface area contributed by atoms with Gasteiger partial charge in [0.2, 0.25) is 0 Å². The van der Waals surface area contributed by atoms with Crippen LogP contribution in [0.15, 0.2) is 35.4 Å². The number of methoxy groups -OCH3 is 1. The van der Waals surface area contributed by atoms with Gasteiger partial charge in [0, 0.05) is 43.1 Å². The van der Waals surface area contributed by atoms with Crippen LogP contribution in [0, 0.1) is 0 Å². The Bertz CT molecular complexity index is 712. The van der Waals surface area contributed by atoms with Crippen LogP contribution in [0.2, 0.25) is 0 Å². The molecule has 0 aliphatic carbocycles. The van der Waals surface area contributed by atoms with Gasteiger partial charge in [-0.3, -0.25) is 0 Å². The Morgan fingerprint density at radius 2 is 1.77 bits per heavy atom. The minimum atomic E-state index is 0.485. The molecule has 1 aromatic carbocycles. The summed E-state index contributed by atoms with van der Waals surface area (Å²) in [6.07, 6.45) is 0. The largest absolute Gasteiger partial charge is 0.497 e. The number of nitrogens with zero attached hydrogens (tertiary/aromatic N) is 4. The second kappa shape index (κ2) is 8.73. The van der Waals surface area contributed by atoms with E-state index in [1.165, 1.54) is 0 Å². The monoisotopic (exact) mass is 372 g/mol. The third-order valence-electron chi connectivity index (χ3n) is 4.54. The molecule has 1 aromatic heterocycles. The van der Waals surface area contributed by atoms with Crippen molar-refractivity contribution in [3.05, 3.63) is 30.3 Å². The normalized spacial score (nSPS) is 15.5. The predicted octanol–water partition coefficient (Wildman–Crippen LogP) is 3.79. The standard InChI is InChI=1S/C20H28N4OS/c1-5-23-10-12-24(13-11-23)18-14-19(26-15(2)3)22-20(21-18)16-6-8-17(25-4)9-7-16/h6-9,14-15H,5,10-13H2,1-4H3. The first-order chi connectivity index (χ1) is 12.6. The molecule has 0 amide bonds. The summed E-state index contributed by atoms with van der Waals surface area (Å²) in [7, 11) is 1.68. The van der Waals surface area contributed by atoms with E-state index in [1.807, 2.05) is 24.3 Å². The molecule has 1 fully saturated rings. The van der Waals surface area contributed by atoms with Crippen LogP contribution in [0.3, 0.4) is 0 Å². The van der Waals surface area contributed by atoms with Crippen molar-refractivity contribution in [1.82, 2.24) is 14.9 Å². The molecule has 3 rings (SSSR count). The molecule has 0 bridgehead atoms. The lowest BCUT2D eigenvalue weighted by molar-refractivity contribution is 0.270. The van der Waals surface area contributed by atoms with Crippen molar-refractivity contribution in [3.63, 3.8) is 0 Å². The Balaban J connectivity index is 1.90. The number of benzene rings is 1. The third kappa shape index (κ3) is 4.68. The molecule has 2 aromatic rings. The minimum Gasteiger partial charge on any atom is -0.497 e. The fourth-order valence-electron chi connectivity index (χ4n) is 3.04. The van der Waals surface area contributed by atoms with Gasteiger partial charge in [-0.15, -0.1) is 11.8 Å². The smallest absolute Gasteiger partial charge is 0.162 e. The molecule has 1 aliphatic rings. The van der Waals surface area contributed by atoms with Gasteiger partial charge in [0.1, 0.15) is 16.6 Å². The molecule has 0 saturated carbocycles. The molecule has 0 unspecified atom stereocenters. The van der Waals surface area contributed by atoms with Crippen molar-refractivity contribution in [2.75, 3.05) is 44.7 Å². The van der Waals surface area contributed by atoms with E-state index in [9.17, 15) is 0 Å². The third-order valence-corrected chi connectivity index (χ3v) is 5.46. The van der Waals surface area contributed by atoms with Crippen molar-refractivity contribution < 1.29 is 4.74 Å². The molecule has 2 heterocycles. The van der Waals surface area contributed by atoms with E-state index in [2.05, 4.69) is 36.6 Å². The maximum atomic E-state index is 5.26. The van der Waals surface area contributed by atoms with Crippen LogP contribution in [0.25, 0.3) is 11.4 Å². The summed E-state index contributed by atoms with van der Waals surface area (Å²) in [4.78, 5) is 14.5. The van der Waals surface area contributed by atoms with Gasteiger partial charge in [0.25, 0.3) is 0 Å². The fraction of sp³-hybridized carbons (Fsp3) is 0.500. The van der Waals surface area contributed by atoms with E-state index >= 15 is 0 Å². The molecule has 140 valence electrons. The maximum Gasteiger partial charge on any atom is 0.162 e. The Labute approximate surface area is 160 Å². The van der Waals surface area contributed by atoms with Gasteiger partial charge in [-0.05, 0) is 30.8 Å². The lowest BCUT2D eigenvalue weighted by Gasteiger charge is -2.35. The molecule has 0 radical (unpaired) electrons. The van der Waals surface area contributed by atoms with Crippen LogP contribution in [0.4, 0.5) is 5.82 Å². The fourth-order valence-corrected chi connectivity index (χ4v) is 3.83. The topological polar surface area (TPSA) is 41.5 Å². The summed E-state index contributed by atoms with van der Waals surface area (Å²) in [5.41, 5.74) is 1.02. The summed E-state index contributed by atoms with van der Waals surface area (Å²) >= 11 is 1.79. The number of hydrogen-bond donors (Lipinski definition) is 0. The summed E-state index contributed by atoms with van der Waals surface area (Å²) in [6, 6.07) is 10.1. The number of likely N-dealkylation sites (N-methyl/N-ethyl adjacent to an activating group) is 1. The van der Waals surface area contributed by atoms with Crippen molar-refractivity contribution in [3.8, 4) is 17.1 Å². The zero-order valence-electron chi connectivity index (χ0n) is 16.1. The van der Waals surface area contributed by atoms with Crippen LogP contribution in [0.1, 0.15) is 20.8 Å². The molecule has 5 nitrogen and oxygen atoms in total. The highest BCUT2D eigenvalue weighted by Crippen LogP contribution is 2.29. The number of hydrogen-bond acceptors (Lipinski definition) is 6. The summed E-state index contributed by atoms with van der Waals surface area (Å²) in [6.45, 7) is 11.9. The highest BCUT2D eigenvalue weighted by Gasteiger charge is 2.19. The number of aromatic nitrogens is 2. The van der Waals surface area contributed by atoms with E-state index in [1.54, 1.807) is 18.9 Å². The van der Waals surface area contributed by atoms with Gasteiger partial charge in [-0.25, -0.2) is 9.97 Å². The average molecular weight is 373 g/mol. The van der Waals surface area contributed by atoms with Crippen LogP contribution in [0.5, 0.6) is 5.75 Å². The molecule has 0 spiro atoms. The molecular formula is C20H28N4OS. The van der Waals surface area contributed by atoms with Gasteiger partial charge >= 0.3 is 0 Å². The van der Waals surface area contributed by atoms with Crippen LogP contribution >= 0.6 is 11.8 Å². The van der Waals surface area contributed by atoms with Gasteiger partial charge in [0.15, 0.2) is 5.82 Å². The first-order valence-corrected chi connectivity index (χ1v) is 10.1. The molecule has 26 heavy (non-hydrogen) atoms. The minimum absolute atomic E-state index is 0.485. The van der Waals surface area contributed by atoms with Crippen LogP contribution in [-0.2, 0) is 0 Å². The lowest BCUT2D eigenvalue weighted by atomic mass is 10.2. The Hall–Kier alpha value is -1.79. The summed E-state index contributed by atoms with van der Waals surface area (Å²) < 4.78 is 5.26. The Morgan fingerprint density at radius 1 is 1.08 bits per heavy atom. The van der Waals surface area contributed by atoms with Gasteiger partial charge in [-0.1, -0.05) is 20.8 Å². The van der Waals surface area contributed by atoms with Gasteiger partial charge in [0.05, 0.1) is 7.11 Å². The second-order valence-corrected chi connectivity index (χ2v) is 8.30. The van der Waals surface area contributed by atoms with E-state index in [4.69, 9.17) is 14.7 Å². The second-order valence-electron chi connectivity index (χ2n) is 6.70. The van der Waals surface area contributed by atoms with Crippen LogP contribution < -0.4 is 9.64 Å². The molecule has 0 atom stereocenters. The van der Waals surface area contributed by atoms with Crippen LogP contribution in [-0.4, -0.2) is 60.0 Å². The Kier molecular flexibility index (Phi) is 6.38. The highest BCUT2D eigenvalue weighted by molar-refractivity contribution is 7.99. The van der Waals surface area contributed by atoms with Crippen molar-refractivity contribution >= 4 is 17.6 Å². The van der Waals surface area contributed by atoms with E-state index in [0.29, 0.717) is 5.25 Å². The van der Waals surface area contributed by atoms with Crippen molar-refractivity contribution in [2.24, 2.45) is 0 Å². The van der Waals surface area contributed by atoms with Gasteiger partial charge in [-0.2, -0.15) is 0 Å². The Morgan fingerprint density at radius 3 is 2.35 bits per heavy atom. The summed E-state index contributed by atoms with van der Waals surface area (Å²) in [5, 5.41) is 1.52. The quantitative estimate of drug-likeness (QED) is 0.568. The summed E-state index contributed by atoms with van der Waals surface area (Å²) in [5.74, 6) is 2.66. The SMILES string of the molecule is CCN1CCN(c2cc(SC(C)C)nc(-c3ccc(OC)cc3)n2)CC1. The molecule has 1 aliphatic heterocycles. The predicted molar refractivity (Wildman–Crippen MR) is 109 cm³/mol. The van der Waals surface area contributed by atoms with Crippen molar-refractivity contribution in [2.45, 2.75) is 31.0 Å². The number of piperazine rings is 1. The lowest BCUT2D eigenvalue weighted by Crippen LogP contribution is -2.46. The molecule has 1 saturated heterocycles. The zero-order valence-corrected chi connectivity index (χ0v) is 16.9. The first kappa shape index (κ1) is 19.0. The molecule has 0 N–H and O–H groups in total. The molecule has 6 heteroatoms. The highest BCUT2D eigenvalue weighted by atomic mass is 32.2. The number of thioether (sulfide) groups is 1. The first-order valence-electron chi connectivity index (χ1n) is 9.26. The molecular weight excluding hydrogens is 344 g/mol. The van der Waals surface area contributed by atoms with E-state index in [-0.39, 0.29) is 0 Å². The number of rotatable bonds is 6.